The lowest BCUT2D eigenvalue weighted by Crippen LogP contribution is -2.55. The summed E-state index contributed by atoms with van der Waals surface area (Å²) in [4.78, 5) is 0. The zero-order valence-corrected chi connectivity index (χ0v) is 16.2. The number of fused-ring (bicyclic) bond motifs is 4. The van der Waals surface area contributed by atoms with Crippen LogP contribution in [0.4, 0.5) is 0 Å². The zero-order chi connectivity index (χ0) is 17.8. The fraction of sp³-hybridized carbons (Fsp3) is 0.385. The maximum atomic E-state index is 6.36. The molecule has 0 aromatic heterocycles. The molecule has 3 aromatic rings. The van der Waals surface area contributed by atoms with E-state index in [1.165, 1.54) is 54.0 Å². The molecule has 1 spiro atoms. The molecule has 27 heavy (non-hydrogen) atoms. The second-order valence-electron chi connectivity index (χ2n) is 9.61. The number of hydrogen-bond acceptors (Lipinski definition) is 0. The number of halogens is 1. The van der Waals surface area contributed by atoms with E-state index < -0.39 is 0 Å². The van der Waals surface area contributed by atoms with Crippen LogP contribution in [0.3, 0.4) is 0 Å². The number of benzene rings is 3. The summed E-state index contributed by atoms with van der Waals surface area (Å²) in [7, 11) is 0. The molecule has 4 bridgehead atoms. The topological polar surface area (TPSA) is 0 Å². The molecular weight excluding hydrogens is 348 g/mol. The summed E-state index contributed by atoms with van der Waals surface area (Å²) in [5, 5.41) is 3.47. The second kappa shape index (κ2) is 4.97. The highest BCUT2D eigenvalue weighted by Gasteiger charge is 2.61. The summed E-state index contributed by atoms with van der Waals surface area (Å²) in [6.45, 7) is 0. The van der Waals surface area contributed by atoms with E-state index in [2.05, 4.69) is 48.5 Å². The highest BCUT2D eigenvalue weighted by molar-refractivity contribution is 6.31. The van der Waals surface area contributed by atoms with Gasteiger partial charge in [-0.25, -0.2) is 0 Å². The third kappa shape index (κ3) is 1.77. The summed E-state index contributed by atoms with van der Waals surface area (Å²) >= 11 is 6.36. The van der Waals surface area contributed by atoms with Gasteiger partial charge in [-0.3, -0.25) is 0 Å². The highest BCUT2D eigenvalue weighted by atomic mass is 35.5. The first-order valence-corrected chi connectivity index (χ1v) is 10.9. The minimum absolute atomic E-state index is 0.260. The fourth-order valence-corrected chi connectivity index (χ4v) is 8.05. The van der Waals surface area contributed by atoms with Crippen LogP contribution < -0.4 is 0 Å². The molecule has 0 aliphatic heterocycles. The average Bonchev–Trinajstić information content (AvgIpc) is 2.94. The van der Waals surface area contributed by atoms with Gasteiger partial charge in [0.25, 0.3) is 0 Å². The van der Waals surface area contributed by atoms with Gasteiger partial charge in [-0.05, 0) is 113 Å². The van der Waals surface area contributed by atoms with Crippen molar-refractivity contribution in [3.63, 3.8) is 0 Å². The predicted octanol–water partition coefficient (Wildman–Crippen LogP) is 7.22. The molecule has 5 aliphatic rings. The van der Waals surface area contributed by atoms with E-state index >= 15 is 0 Å². The summed E-state index contributed by atoms with van der Waals surface area (Å²) in [5.41, 5.74) is 6.50. The lowest BCUT2D eigenvalue weighted by molar-refractivity contribution is -0.0399. The van der Waals surface area contributed by atoms with Crippen molar-refractivity contribution in [2.45, 2.75) is 37.5 Å². The van der Waals surface area contributed by atoms with Crippen molar-refractivity contribution in [3.8, 4) is 11.1 Å². The van der Waals surface area contributed by atoms with Crippen molar-refractivity contribution in [2.24, 2.45) is 23.7 Å². The largest absolute Gasteiger partial charge is 0.0843 e. The summed E-state index contributed by atoms with van der Waals surface area (Å²) < 4.78 is 0. The molecule has 5 aliphatic carbocycles. The van der Waals surface area contributed by atoms with Crippen LogP contribution in [0, 0.1) is 23.7 Å². The van der Waals surface area contributed by atoms with Gasteiger partial charge in [0.1, 0.15) is 0 Å². The van der Waals surface area contributed by atoms with Crippen molar-refractivity contribution in [2.75, 3.05) is 0 Å². The van der Waals surface area contributed by atoms with E-state index in [0.29, 0.717) is 0 Å². The molecule has 3 aromatic carbocycles. The van der Waals surface area contributed by atoms with Crippen molar-refractivity contribution < 1.29 is 0 Å². The Morgan fingerprint density at radius 2 is 1.41 bits per heavy atom. The lowest BCUT2D eigenvalue weighted by Gasteiger charge is -2.61. The molecular formula is C26H23Cl. The Morgan fingerprint density at radius 3 is 2.19 bits per heavy atom. The molecule has 0 N–H and O–H groups in total. The third-order valence-electron chi connectivity index (χ3n) is 8.47. The first kappa shape index (κ1) is 15.2. The minimum Gasteiger partial charge on any atom is -0.0843 e. The van der Waals surface area contributed by atoms with Crippen LogP contribution in [0.15, 0.2) is 54.6 Å². The molecule has 0 amide bonds. The van der Waals surface area contributed by atoms with Crippen LogP contribution >= 0.6 is 11.6 Å². The fourth-order valence-electron chi connectivity index (χ4n) is 7.86. The molecule has 1 heteroatoms. The normalized spacial score (nSPS) is 35.0. The third-order valence-corrected chi connectivity index (χ3v) is 8.71. The van der Waals surface area contributed by atoms with Crippen LogP contribution in [-0.4, -0.2) is 0 Å². The summed E-state index contributed by atoms with van der Waals surface area (Å²) in [6, 6.07) is 20.6. The van der Waals surface area contributed by atoms with Crippen LogP contribution in [0.2, 0.25) is 5.02 Å². The van der Waals surface area contributed by atoms with Gasteiger partial charge in [0.2, 0.25) is 0 Å². The Kier molecular flexibility index (Phi) is 2.79. The van der Waals surface area contributed by atoms with Crippen molar-refractivity contribution in [3.05, 3.63) is 70.7 Å². The standard InChI is InChI=1S/C26H23Cl/c27-21-6-5-17-13-23-22-3-1-2-4-24(22)26(25(23)14-18(17)12-21)19-8-15-7-16(10-19)11-20(26)9-15/h1-6,12-16,19-20H,7-11H2. The molecule has 134 valence electrons. The van der Waals surface area contributed by atoms with Crippen LogP contribution in [0.1, 0.15) is 43.2 Å². The second-order valence-corrected chi connectivity index (χ2v) is 10.0. The minimum atomic E-state index is 0.260. The van der Waals surface area contributed by atoms with E-state index in [4.69, 9.17) is 11.6 Å². The molecule has 0 saturated heterocycles. The molecule has 0 atom stereocenters. The molecule has 0 radical (unpaired) electrons. The lowest BCUT2D eigenvalue weighted by atomic mass is 9.43. The van der Waals surface area contributed by atoms with Gasteiger partial charge < -0.3 is 0 Å². The van der Waals surface area contributed by atoms with Gasteiger partial charge in [-0.1, -0.05) is 41.9 Å². The maximum absolute atomic E-state index is 6.36. The molecule has 0 heterocycles. The van der Waals surface area contributed by atoms with Crippen LogP contribution in [0.5, 0.6) is 0 Å². The first-order chi connectivity index (χ1) is 13.2. The van der Waals surface area contributed by atoms with Gasteiger partial charge >= 0.3 is 0 Å². The van der Waals surface area contributed by atoms with Gasteiger partial charge in [0, 0.05) is 10.4 Å². The van der Waals surface area contributed by atoms with Gasteiger partial charge in [-0.2, -0.15) is 0 Å². The van der Waals surface area contributed by atoms with E-state index in [9.17, 15) is 0 Å². The smallest absolute Gasteiger partial charge is 0.0412 e. The van der Waals surface area contributed by atoms with Gasteiger partial charge in [0.15, 0.2) is 0 Å². The predicted molar refractivity (Wildman–Crippen MR) is 112 cm³/mol. The molecule has 4 fully saturated rings. The van der Waals surface area contributed by atoms with E-state index in [1.54, 1.807) is 11.1 Å². The van der Waals surface area contributed by atoms with Crippen LogP contribution in [-0.2, 0) is 5.41 Å². The Morgan fingerprint density at radius 1 is 0.667 bits per heavy atom. The van der Waals surface area contributed by atoms with Crippen molar-refractivity contribution in [1.82, 2.24) is 0 Å². The summed E-state index contributed by atoms with van der Waals surface area (Å²) in [5.74, 6) is 3.63. The van der Waals surface area contributed by atoms with Gasteiger partial charge in [0.05, 0.1) is 0 Å². The molecule has 8 rings (SSSR count). The molecule has 4 saturated carbocycles. The Labute approximate surface area is 165 Å². The number of hydrogen-bond donors (Lipinski definition) is 0. The van der Waals surface area contributed by atoms with E-state index in [0.717, 1.165) is 28.7 Å². The SMILES string of the molecule is Clc1ccc2cc3c(cc2c1)C1(c2ccccc2-3)C2CC3CC(C2)CC1C3. The van der Waals surface area contributed by atoms with E-state index in [-0.39, 0.29) is 5.41 Å². The van der Waals surface area contributed by atoms with Gasteiger partial charge in [-0.15, -0.1) is 0 Å². The summed E-state index contributed by atoms with van der Waals surface area (Å²) in [6.07, 6.45) is 7.26. The average molecular weight is 371 g/mol. The Bertz CT molecular complexity index is 1080. The van der Waals surface area contributed by atoms with Crippen molar-refractivity contribution in [1.29, 1.82) is 0 Å². The monoisotopic (exact) mass is 370 g/mol. The van der Waals surface area contributed by atoms with E-state index in [1.807, 2.05) is 6.07 Å². The van der Waals surface area contributed by atoms with Crippen molar-refractivity contribution >= 4 is 22.4 Å². The highest BCUT2D eigenvalue weighted by Crippen LogP contribution is 2.69. The zero-order valence-electron chi connectivity index (χ0n) is 15.4. The Balaban J connectivity index is 1.58. The molecule has 0 nitrogen and oxygen atoms in total. The Hall–Kier alpha value is -1.79. The molecule has 0 unspecified atom stereocenters. The number of rotatable bonds is 0. The first-order valence-electron chi connectivity index (χ1n) is 10.6. The van der Waals surface area contributed by atoms with Crippen LogP contribution in [0.25, 0.3) is 21.9 Å². The maximum Gasteiger partial charge on any atom is 0.0412 e. The quantitative estimate of drug-likeness (QED) is 0.392.